The van der Waals surface area contributed by atoms with Gasteiger partial charge in [-0.05, 0) is 50.0 Å². The standard InChI is InChI=1S/C27H28N4O2S2/c1-17-10-9-15-30-24(17)29-23(28-20-13-7-4-8-14-20)21(25(30)32)16-22-26(33)31(27(34)35-22)18(2)19-11-5-3-6-12-19/h3,5-6,9-12,15-16,18,20,28H,4,7-8,13-14H2,1-2H3/b22-16+. The first kappa shape index (κ1) is 23.8. The molecule has 3 heterocycles. The lowest BCUT2D eigenvalue weighted by Crippen LogP contribution is -2.31. The Bertz CT molecular complexity index is 1380. The summed E-state index contributed by atoms with van der Waals surface area (Å²) in [7, 11) is 0. The molecule has 2 aliphatic rings. The molecule has 1 saturated carbocycles. The van der Waals surface area contributed by atoms with Gasteiger partial charge in [0.15, 0.2) is 0 Å². The molecule has 2 aromatic heterocycles. The molecule has 6 nitrogen and oxygen atoms in total. The van der Waals surface area contributed by atoms with Gasteiger partial charge in [0.1, 0.15) is 15.8 Å². The van der Waals surface area contributed by atoms with E-state index in [1.807, 2.05) is 56.3 Å². The van der Waals surface area contributed by atoms with Gasteiger partial charge in [-0.1, -0.05) is 79.6 Å². The van der Waals surface area contributed by atoms with Gasteiger partial charge in [0.2, 0.25) is 0 Å². The Morgan fingerprint density at radius 3 is 2.60 bits per heavy atom. The van der Waals surface area contributed by atoms with Gasteiger partial charge in [-0.2, -0.15) is 0 Å². The summed E-state index contributed by atoms with van der Waals surface area (Å²) in [4.78, 5) is 34.0. The zero-order chi connectivity index (χ0) is 24.5. The Hall–Kier alpha value is -2.97. The van der Waals surface area contributed by atoms with Gasteiger partial charge >= 0.3 is 0 Å². The summed E-state index contributed by atoms with van der Waals surface area (Å²) in [6.07, 6.45) is 9.05. The zero-order valence-corrected chi connectivity index (χ0v) is 21.5. The van der Waals surface area contributed by atoms with Crippen molar-refractivity contribution in [3.8, 4) is 0 Å². The Labute approximate surface area is 214 Å². The van der Waals surface area contributed by atoms with Crippen molar-refractivity contribution in [3.63, 3.8) is 0 Å². The van der Waals surface area contributed by atoms with E-state index >= 15 is 0 Å². The molecule has 3 aromatic rings. The van der Waals surface area contributed by atoms with E-state index in [4.69, 9.17) is 17.2 Å². The number of carbonyl (C=O) groups is 1. The molecule has 8 heteroatoms. The Balaban J connectivity index is 1.56. The smallest absolute Gasteiger partial charge is 0.267 e. The van der Waals surface area contributed by atoms with Crippen LogP contribution in [0.4, 0.5) is 5.82 Å². The predicted octanol–water partition coefficient (Wildman–Crippen LogP) is 5.71. The molecule has 35 heavy (non-hydrogen) atoms. The number of hydrogen-bond donors (Lipinski definition) is 1. The van der Waals surface area contributed by atoms with Crippen molar-refractivity contribution in [3.05, 3.63) is 80.6 Å². The molecule has 2 fully saturated rings. The second kappa shape index (κ2) is 9.95. The van der Waals surface area contributed by atoms with Crippen molar-refractivity contribution in [2.24, 2.45) is 0 Å². The van der Waals surface area contributed by atoms with Crippen LogP contribution in [-0.2, 0) is 4.79 Å². The highest BCUT2D eigenvalue weighted by molar-refractivity contribution is 8.26. The van der Waals surface area contributed by atoms with Crippen LogP contribution in [0.15, 0.2) is 58.4 Å². The molecule has 1 aromatic carbocycles. The average molecular weight is 505 g/mol. The molecule has 1 saturated heterocycles. The molecule has 180 valence electrons. The second-order valence-electron chi connectivity index (χ2n) is 9.18. The van der Waals surface area contributed by atoms with E-state index in [-0.39, 0.29) is 23.6 Å². The summed E-state index contributed by atoms with van der Waals surface area (Å²) in [6, 6.07) is 13.7. The first-order valence-electron chi connectivity index (χ1n) is 12.0. The summed E-state index contributed by atoms with van der Waals surface area (Å²) in [5.41, 5.74) is 2.75. The minimum absolute atomic E-state index is 0.186. The number of pyridine rings is 1. The lowest BCUT2D eigenvalue weighted by molar-refractivity contribution is -0.123. The minimum atomic E-state index is -0.201. The molecule has 0 spiro atoms. The fourth-order valence-electron chi connectivity index (χ4n) is 4.82. The molecule has 1 aliphatic carbocycles. The number of anilines is 1. The van der Waals surface area contributed by atoms with Gasteiger partial charge in [-0.15, -0.1) is 0 Å². The maximum atomic E-state index is 13.6. The summed E-state index contributed by atoms with van der Waals surface area (Å²) < 4.78 is 2.05. The number of nitrogens with one attached hydrogen (secondary N) is 1. The number of thiocarbonyl (C=S) groups is 1. The molecule has 1 aliphatic heterocycles. The predicted molar refractivity (Wildman–Crippen MR) is 147 cm³/mol. The topological polar surface area (TPSA) is 66.7 Å². The number of benzene rings is 1. The van der Waals surface area contributed by atoms with Gasteiger partial charge in [0.05, 0.1) is 16.5 Å². The largest absolute Gasteiger partial charge is 0.367 e. The molecule has 0 radical (unpaired) electrons. The van der Waals surface area contributed by atoms with Crippen molar-refractivity contribution >= 4 is 51.7 Å². The number of thioether (sulfide) groups is 1. The van der Waals surface area contributed by atoms with Crippen molar-refractivity contribution in [2.75, 3.05) is 5.32 Å². The van der Waals surface area contributed by atoms with E-state index in [0.717, 1.165) is 36.8 Å². The van der Waals surface area contributed by atoms with Crippen molar-refractivity contribution < 1.29 is 4.79 Å². The molecule has 1 N–H and O–H groups in total. The monoisotopic (exact) mass is 504 g/mol. The van der Waals surface area contributed by atoms with E-state index < -0.39 is 0 Å². The van der Waals surface area contributed by atoms with Crippen LogP contribution < -0.4 is 10.9 Å². The van der Waals surface area contributed by atoms with E-state index in [1.165, 1.54) is 18.2 Å². The van der Waals surface area contributed by atoms with Crippen molar-refractivity contribution in [1.29, 1.82) is 0 Å². The minimum Gasteiger partial charge on any atom is -0.367 e. The summed E-state index contributed by atoms with van der Waals surface area (Å²) in [5.74, 6) is 0.353. The fraction of sp³-hybridized carbons (Fsp3) is 0.333. The lowest BCUT2D eigenvalue weighted by atomic mass is 9.95. The number of nitrogens with zero attached hydrogens (tertiary/aromatic N) is 3. The van der Waals surface area contributed by atoms with Crippen LogP contribution in [0, 0.1) is 6.92 Å². The molecule has 0 bridgehead atoms. The molecule has 1 amide bonds. The summed E-state index contributed by atoms with van der Waals surface area (Å²) in [5, 5.41) is 3.53. The second-order valence-corrected chi connectivity index (χ2v) is 10.9. The van der Waals surface area contributed by atoms with Crippen LogP contribution in [-0.4, -0.2) is 30.6 Å². The number of hydrogen-bond acceptors (Lipinski definition) is 6. The van der Waals surface area contributed by atoms with Crippen LogP contribution in [0.1, 0.15) is 61.8 Å². The Kier molecular flexibility index (Phi) is 6.75. The van der Waals surface area contributed by atoms with Crippen LogP contribution >= 0.6 is 24.0 Å². The molecular weight excluding hydrogens is 476 g/mol. The third-order valence-electron chi connectivity index (χ3n) is 6.80. The van der Waals surface area contributed by atoms with Crippen LogP contribution in [0.3, 0.4) is 0 Å². The number of aryl methyl sites for hydroxylation is 1. The Morgan fingerprint density at radius 1 is 1.11 bits per heavy atom. The number of fused-ring (bicyclic) bond motifs is 1. The van der Waals surface area contributed by atoms with Crippen LogP contribution in [0.2, 0.25) is 0 Å². The highest BCUT2D eigenvalue weighted by atomic mass is 32.2. The van der Waals surface area contributed by atoms with Crippen molar-refractivity contribution in [1.82, 2.24) is 14.3 Å². The fourth-order valence-corrected chi connectivity index (χ4v) is 6.22. The quantitative estimate of drug-likeness (QED) is 0.355. The lowest BCUT2D eigenvalue weighted by Gasteiger charge is -2.24. The molecule has 5 rings (SSSR count). The number of rotatable bonds is 5. The summed E-state index contributed by atoms with van der Waals surface area (Å²) in [6.45, 7) is 3.91. The normalized spacial score (nSPS) is 19.0. The van der Waals surface area contributed by atoms with Crippen LogP contribution in [0.5, 0.6) is 0 Å². The van der Waals surface area contributed by atoms with Crippen LogP contribution in [0.25, 0.3) is 11.7 Å². The van der Waals surface area contributed by atoms with Gasteiger partial charge in [0, 0.05) is 12.2 Å². The SMILES string of the molecule is Cc1cccn2c(=O)c(/C=C3/SC(=S)N(C(C)c4ccccc4)C3=O)c(NC3CCCCC3)nc12. The highest BCUT2D eigenvalue weighted by Crippen LogP contribution is 2.38. The third kappa shape index (κ3) is 4.65. The average Bonchev–Trinajstić information content (AvgIpc) is 3.15. The number of amides is 1. The van der Waals surface area contributed by atoms with Gasteiger partial charge in [0.25, 0.3) is 11.5 Å². The highest BCUT2D eigenvalue weighted by Gasteiger charge is 2.36. The van der Waals surface area contributed by atoms with E-state index in [2.05, 4.69) is 5.32 Å². The number of aromatic nitrogens is 2. The van der Waals surface area contributed by atoms with Gasteiger partial charge in [-0.25, -0.2) is 4.98 Å². The van der Waals surface area contributed by atoms with Crippen molar-refractivity contribution in [2.45, 2.75) is 58.0 Å². The Morgan fingerprint density at radius 2 is 1.86 bits per heavy atom. The number of carbonyl (C=O) groups excluding carboxylic acids is 1. The van der Waals surface area contributed by atoms with E-state index in [1.54, 1.807) is 21.6 Å². The molecule has 1 atom stereocenters. The van der Waals surface area contributed by atoms with Gasteiger partial charge < -0.3 is 5.32 Å². The maximum absolute atomic E-state index is 13.6. The maximum Gasteiger partial charge on any atom is 0.267 e. The van der Waals surface area contributed by atoms with E-state index in [0.29, 0.717) is 26.3 Å². The summed E-state index contributed by atoms with van der Waals surface area (Å²) >= 11 is 6.83. The van der Waals surface area contributed by atoms with E-state index in [9.17, 15) is 9.59 Å². The molecular formula is C27H28N4O2S2. The third-order valence-corrected chi connectivity index (χ3v) is 8.13. The first-order chi connectivity index (χ1) is 16.9. The zero-order valence-electron chi connectivity index (χ0n) is 19.9. The first-order valence-corrected chi connectivity index (χ1v) is 13.3. The van der Waals surface area contributed by atoms with Gasteiger partial charge in [-0.3, -0.25) is 18.9 Å². The molecule has 1 unspecified atom stereocenters.